The van der Waals surface area contributed by atoms with E-state index in [2.05, 4.69) is 15.4 Å². The van der Waals surface area contributed by atoms with E-state index in [9.17, 15) is 32.3 Å². The summed E-state index contributed by atoms with van der Waals surface area (Å²) >= 11 is 0. The number of anilines is 2. The maximum atomic E-state index is 12.7. The average Bonchev–Trinajstić information content (AvgIpc) is 2.76. The molecule has 0 aromatic heterocycles. The summed E-state index contributed by atoms with van der Waals surface area (Å²) in [5.41, 5.74) is -0.323. The van der Waals surface area contributed by atoms with Gasteiger partial charge < -0.3 is 20.1 Å². The summed E-state index contributed by atoms with van der Waals surface area (Å²) in [6, 6.07) is 9.88. The molecule has 11 heteroatoms. The topological polar surface area (TPSA) is 111 Å². The van der Waals surface area contributed by atoms with Crippen LogP contribution in [0.15, 0.2) is 48.5 Å². The van der Waals surface area contributed by atoms with Crippen molar-refractivity contribution in [3.05, 3.63) is 59.7 Å². The molecular formula is C21H19F3N2O6. The number of halogens is 3. The number of hydrogen-bond acceptors (Lipinski definition) is 6. The van der Waals surface area contributed by atoms with Crippen molar-refractivity contribution in [3.8, 4) is 0 Å². The zero-order chi connectivity index (χ0) is 23.7. The highest BCUT2D eigenvalue weighted by atomic mass is 19.4. The van der Waals surface area contributed by atoms with Crippen LogP contribution >= 0.6 is 0 Å². The van der Waals surface area contributed by atoms with E-state index in [1.54, 1.807) is 0 Å². The summed E-state index contributed by atoms with van der Waals surface area (Å²) in [5, 5.41) is 4.72. The van der Waals surface area contributed by atoms with Crippen LogP contribution in [0.25, 0.3) is 0 Å². The fraction of sp³-hybridized carbons (Fsp3) is 0.238. The van der Waals surface area contributed by atoms with Gasteiger partial charge in [0.25, 0.3) is 5.91 Å². The second kappa shape index (κ2) is 10.9. The molecule has 0 heterocycles. The van der Waals surface area contributed by atoms with Gasteiger partial charge in [-0.2, -0.15) is 13.2 Å². The second-order valence-corrected chi connectivity index (χ2v) is 6.40. The predicted molar refractivity (Wildman–Crippen MR) is 107 cm³/mol. The van der Waals surface area contributed by atoms with Crippen molar-refractivity contribution in [2.45, 2.75) is 19.0 Å². The van der Waals surface area contributed by atoms with Gasteiger partial charge in [0.15, 0.2) is 6.61 Å². The van der Waals surface area contributed by atoms with Crippen molar-refractivity contribution in [3.63, 3.8) is 0 Å². The minimum atomic E-state index is -4.55. The van der Waals surface area contributed by atoms with Gasteiger partial charge in [0.1, 0.15) is 0 Å². The van der Waals surface area contributed by atoms with Crippen molar-refractivity contribution in [1.82, 2.24) is 0 Å². The second-order valence-electron chi connectivity index (χ2n) is 6.40. The van der Waals surface area contributed by atoms with Crippen LogP contribution in [0.3, 0.4) is 0 Å². The highest BCUT2D eigenvalue weighted by Crippen LogP contribution is 2.30. The number of nitrogens with one attached hydrogen (secondary N) is 2. The molecule has 0 radical (unpaired) electrons. The number of alkyl halides is 3. The number of carbonyl (C=O) groups is 4. The first-order valence-corrected chi connectivity index (χ1v) is 9.19. The summed E-state index contributed by atoms with van der Waals surface area (Å²) in [4.78, 5) is 46.7. The molecule has 0 saturated carbocycles. The molecule has 0 bridgehead atoms. The van der Waals surface area contributed by atoms with E-state index in [0.717, 1.165) is 18.2 Å². The first-order chi connectivity index (χ1) is 15.1. The Morgan fingerprint density at radius 3 is 2.16 bits per heavy atom. The van der Waals surface area contributed by atoms with E-state index in [-0.39, 0.29) is 18.5 Å². The lowest BCUT2D eigenvalue weighted by atomic mass is 10.2. The standard InChI is InChI=1S/C21H19F3N2O6/c1-31-20(30)13-5-7-15(8-6-13)25-18(28)12-32-19(29)10-9-17(27)26-16-4-2-3-14(11-16)21(22,23)24/h2-8,11H,9-10,12H2,1H3,(H,25,28)(H,26,27). The van der Waals surface area contributed by atoms with Crippen LogP contribution in [0, 0.1) is 0 Å². The summed E-state index contributed by atoms with van der Waals surface area (Å²) < 4.78 is 47.4. The smallest absolute Gasteiger partial charge is 0.416 e. The zero-order valence-electron chi connectivity index (χ0n) is 16.8. The highest BCUT2D eigenvalue weighted by molar-refractivity contribution is 5.95. The largest absolute Gasteiger partial charge is 0.465 e. The Morgan fingerprint density at radius 2 is 1.53 bits per heavy atom. The van der Waals surface area contributed by atoms with Gasteiger partial charge in [-0.1, -0.05) is 6.07 Å². The first-order valence-electron chi connectivity index (χ1n) is 9.19. The van der Waals surface area contributed by atoms with Gasteiger partial charge in [-0.25, -0.2) is 4.79 Å². The predicted octanol–water partition coefficient (Wildman–Crippen LogP) is 3.39. The van der Waals surface area contributed by atoms with E-state index in [1.165, 1.54) is 37.4 Å². The summed E-state index contributed by atoms with van der Waals surface area (Å²) in [5.74, 6) is -2.69. The van der Waals surface area contributed by atoms with Crippen LogP contribution in [0.2, 0.25) is 0 Å². The van der Waals surface area contributed by atoms with Crippen LogP contribution in [-0.2, 0) is 30.0 Å². The number of amides is 2. The van der Waals surface area contributed by atoms with Gasteiger partial charge in [0.05, 0.1) is 24.7 Å². The fourth-order valence-electron chi connectivity index (χ4n) is 2.44. The molecule has 2 N–H and O–H groups in total. The Bertz CT molecular complexity index is 990. The Morgan fingerprint density at radius 1 is 0.875 bits per heavy atom. The number of ether oxygens (including phenoxy) is 2. The Labute approximate surface area is 180 Å². The summed E-state index contributed by atoms with van der Waals surface area (Å²) in [7, 11) is 1.24. The molecule has 2 amide bonds. The van der Waals surface area contributed by atoms with Crippen molar-refractivity contribution in [2.24, 2.45) is 0 Å². The Balaban J connectivity index is 1.73. The van der Waals surface area contributed by atoms with Crippen molar-refractivity contribution >= 4 is 35.1 Å². The molecule has 0 spiro atoms. The third-order valence-electron chi connectivity index (χ3n) is 3.98. The number of rotatable bonds is 8. The molecule has 0 fully saturated rings. The van der Waals surface area contributed by atoms with Gasteiger partial charge in [-0.3, -0.25) is 14.4 Å². The first kappa shape index (κ1) is 24.4. The molecule has 32 heavy (non-hydrogen) atoms. The molecule has 0 unspecified atom stereocenters. The van der Waals surface area contributed by atoms with Crippen LogP contribution in [0.5, 0.6) is 0 Å². The molecule has 0 aliphatic heterocycles. The highest BCUT2D eigenvalue weighted by Gasteiger charge is 2.30. The number of benzene rings is 2. The third kappa shape index (κ3) is 7.74. The zero-order valence-corrected chi connectivity index (χ0v) is 16.8. The van der Waals surface area contributed by atoms with Crippen molar-refractivity contribution in [1.29, 1.82) is 0 Å². The van der Waals surface area contributed by atoms with Crippen LogP contribution < -0.4 is 10.6 Å². The van der Waals surface area contributed by atoms with Gasteiger partial charge in [-0.15, -0.1) is 0 Å². The minimum absolute atomic E-state index is 0.0595. The number of carbonyl (C=O) groups excluding carboxylic acids is 4. The minimum Gasteiger partial charge on any atom is -0.465 e. The number of methoxy groups -OCH3 is 1. The number of esters is 2. The monoisotopic (exact) mass is 452 g/mol. The van der Waals surface area contributed by atoms with E-state index in [0.29, 0.717) is 11.3 Å². The fourth-order valence-corrected chi connectivity index (χ4v) is 2.44. The van der Waals surface area contributed by atoms with Gasteiger partial charge in [0, 0.05) is 17.8 Å². The molecule has 2 aromatic carbocycles. The molecule has 0 atom stereocenters. The van der Waals surface area contributed by atoms with E-state index < -0.39 is 42.1 Å². The normalized spacial score (nSPS) is 10.8. The SMILES string of the molecule is COC(=O)c1ccc(NC(=O)COC(=O)CCC(=O)Nc2cccc(C(F)(F)F)c2)cc1. The lowest BCUT2D eigenvalue weighted by Crippen LogP contribution is -2.22. The molecule has 2 rings (SSSR count). The molecule has 8 nitrogen and oxygen atoms in total. The third-order valence-corrected chi connectivity index (χ3v) is 3.98. The Hall–Kier alpha value is -3.89. The number of hydrogen-bond donors (Lipinski definition) is 2. The molecule has 0 saturated heterocycles. The van der Waals surface area contributed by atoms with Crippen molar-refractivity contribution < 1.29 is 41.8 Å². The molecule has 170 valence electrons. The lowest BCUT2D eigenvalue weighted by Gasteiger charge is -2.10. The molecule has 2 aromatic rings. The van der Waals surface area contributed by atoms with E-state index in [4.69, 9.17) is 4.74 Å². The maximum Gasteiger partial charge on any atom is 0.416 e. The van der Waals surface area contributed by atoms with Gasteiger partial charge in [-0.05, 0) is 42.5 Å². The van der Waals surface area contributed by atoms with Crippen LogP contribution in [-0.4, -0.2) is 37.5 Å². The van der Waals surface area contributed by atoms with Gasteiger partial charge >= 0.3 is 18.1 Å². The summed E-state index contributed by atoms with van der Waals surface area (Å²) in [6.45, 7) is -0.604. The lowest BCUT2D eigenvalue weighted by molar-refractivity contribution is -0.147. The average molecular weight is 452 g/mol. The van der Waals surface area contributed by atoms with E-state index >= 15 is 0 Å². The Kier molecular flexibility index (Phi) is 8.33. The van der Waals surface area contributed by atoms with Crippen molar-refractivity contribution in [2.75, 3.05) is 24.4 Å². The quantitative estimate of drug-likeness (QED) is 0.594. The van der Waals surface area contributed by atoms with Crippen LogP contribution in [0.1, 0.15) is 28.8 Å². The molecular weight excluding hydrogens is 433 g/mol. The molecule has 0 aliphatic rings. The van der Waals surface area contributed by atoms with E-state index in [1.807, 2.05) is 0 Å². The van der Waals surface area contributed by atoms with Gasteiger partial charge in [0.2, 0.25) is 5.91 Å². The van der Waals surface area contributed by atoms with Crippen LogP contribution in [0.4, 0.5) is 24.5 Å². The summed E-state index contributed by atoms with van der Waals surface area (Å²) in [6.07, 6.45) is -5.26. The maximum absolute atomic E-state index is 12.7. The molecule has 0 aliphatic carbocycles.